The van der Waals surface area contributed by atoms with Crippen LogP contribution in [0.2, 0.25) is 0 Å². The van der Waals surface area contributed by atoms with Crippen LogP contribution in [0.4, 0.5) is 0 Å². The van der Waals surface area contributed by atoms with Gasteiger partial charge < -0.3 is 0 Å². The van der Waals surface area contributed by atoms with Crippen LogP contribution in [-0.4, -0.2) is 40.1 Å². The minimum absolute atomic E-state index is 0.000522. The smallest absolute Gasteiger partial charge is 0.266 e. The van der Waals surface area contributed by atoms with E-state index in [9.17, 15) is 21.6 Å². The number of fused-ring (bicyclic) bond motifs is 1. The van der Waals surface area contributed by atoms with Crippen LogP contribution < -0.4 is 10.3 Å². The minimum atomic E-state index is -4.01. The standard InChI is InChI=1S/C21H21N3O5S2/c25-21(18-8-5-9-20(15-18)31(28,29)24-12-3-4-13-24)22-23-30(26,27)19-11-10-16-6-1-2-7-17(16)14-19/h1-2,5-11,14-15,23H,3-4,12-13H2,(H,22,25). The zero-order valence-corrected chi connectivity index (χ0v) is 18.1. The number of hydrogen-bond acceptors (Lipinski definition) is 5. The molecule has 0 spiro atoms. The third kappa shape index (κ3) is 4.47. The molecule has 8 nitrogen and oxygen atoms in total. The Hall–Kier alpha value is -2.79. The van der Waals surface area contributed by atoms with Gasteiger partial charge in [0, 0.05) is 18.7 Å². The number of rotatable bonds is 6. The second kappa shape index (κ2) is 8.39. The number of hydrogen-bond donors (Lipinski definition) is 2. The summed E-state index contributed by atoms with van der Waals surface area (Å²) in [6.45, 7) is 0.897. The topological polar surface area (TPSA) is 113 Å². The van der Waals surface area contributed by atoms with Crippen LogP contribution in [0.3, 0.4) is 0 Å². The summed E-state index contributed by atoms with van der Waals surface area (Å²) in [4.78, 5) is 14.5. The van der Waals surface area contributed by atoms with Crippen molar-refractivity contribution in [1.29, 1.82) is 0 Å². The van der Waals surface area contributed by atoms with Gasteiger partial charge in [0.25, 0.3) is 15.9 Å². The minimum Gasteiger partial charge on any atom is -0.273 e. The molecule has 2 N–H and O–H groups in total. The van der Waals surface area contributed by atoms with Gasteiger partial charge in [0.05, 0.1) is 9.79 Å². The zero-order valence-electron chi connectivity index (χ0n) is 16.5. The first-order chi connectivity index (χ1) is 14.8. The van der Waals surface area contributed by atoms with Gasteiger partial charge in [-0.2, -0.15) is 4.31 Å². The Bertz CT molecular complexity index is 1350. The van der Waals surface area contributed by atoms with Gasteiger partial charge in [0.2, 0.25) is 10.0 Å². The normalized spacial score (nSPS) is 15.2. The Morgan fingerprint density at radius 1 is 0.774 bits per heavy atom. The van der Waals surface area contributed by atoms with Crippen LogP contribution >= 0.6 is 0 Å². The summed E-state index contributed by atoms with van der Waals surface area (Å²) in [7, 11) is -7.70. The molecule has 1 fully saturated rings. The van der Waals surface area contributed by atoms with Crippen LogP contribution in [0.1, 0.15) is 23.2 Å². The number of nitrogens with one attached hydrogen (secondary N) is 2. The Kier molecular flexibility index (Phi) is 5.80. The predicted molar refractivity (Wildman–Crippen MR) is 116 cm³/mol. The summed E-state index contributed by atoms with van der Waals surface area (Å²) in [6.07, 6.45) is 1.60. The second-order valence-electron chi connectivity index (χ2n) is 7.21. The molecule has 0 unspecified atom stereocenters. The average Bonchev–Trinajstić information content (AvgIpc) is 3.33. The highest BCUT2D eigenvalue weighted by atomic mass is 32.2. The van der Waals surface area contributed by atoms with Crippen LogP contribution in [0.25, 0.3) is 10.8 Å². The molecule has 1 aliphatic heterocycles. The van der Waals surface area contributed by atoms with E-state index in [0.29, 0.717) is 13.1 Å². The van der Waals surface area contributed by atoms with Crippen molar-refractivity contribution in [3.63, 3.8) is 0 Å². The second-order valence-corrected chi connectivity index (χ2v) is 10.8. The molecule has 0 saturated carbocycles. The lowest BCUT2D eigenvalue weighted by molar-refractivity contribution is 0.0945. The number of hydrazine groups is 1. The molecule has 4 rings (SSSR count). The van der Waals surface area contributed by atoms with Gasteiger partial charge in [-0.1, -0.05) is 36.4 Å². The van der Waals surface area contributed by atoms with Crippen LogP contribution in [0.5, 0.6) is 0 Å². The van der Waals surface area contributed by atoms with Crippen molar-refractivity contribution in [2.24, 2.45) is 0 Å². The molecule has 0 aromatic heterocycles. The van der Waals surface area contributed by atoms with E-state index in [1.807, 2.05) is 12.1 Å². The Labute approximate surface area is 181 Å². The molecule has 0 aliphatic carbocycles. The molecular weight excluding hydrogens is 438 g/mol. The fourth-order valence-corrected chi connectivity index (χ4v) is 5.89. The molecule has 0 atom stereocenters. The molecular formula is C21H21N3O5S2. The van der Waals surface area contributed by atoms with Crippen molar-refractivity contribution >= 4 is 36.7 Å². The first kappa shape index (κ1) is 21.4. The van der Waals surface area contributed by atoms with Gasteiger partial charge in [0.1, 0.15) is 0 Å². The highest BCUT2D eigenvalue weighted by Gasteiger charge is 2.27. The lowest BCUT2D eigenvalue weighted by atomic mass is 10.1. The maximum absolute atomic E-state index is 12.7. The van der Waals surface area contributed by atoms with Crippen LogP contribution in [0, 0.1) is 0 Å². The van der Waals surface area contributed by atoms with Crippen molar-refractivity contribution in [3.05, 3.63) is 72.3 Å². The number of sulfonamides is 2. The Morgan fingerprint density at radius 2 is 1.48 bits per heavy atom. The average molecular weight is 460 g/mol. The van der Waals surface area contributed by atoms with Gasteiger partial charge in [0.15, 0.2) is 0 Å². The summed E-state index contributed by atoms with van der Waals surface area (Å²) >= 11 is 0. The van der Waals surface area contributed by atoms with Crippen molar-refractivity contribution in [2.75, 3.05) is 13.1 Å². The third-order valence-electron chi connectivity index (χ3n) is 5.13. The Balaban J connectivity index is 1.50. The molecule has 1 saturated heterocycles. The number of carbonyl (C=O) groups excluding carboxylic acids is 1. The van der Waals surface area contributed by atoms with Crippen LogP contribution in [-0.2, 0) is 20.0 Å². The van der Waals surface area contributed by atoms with Crippen molar-refractivity contribution in [2.45, 2.75) is 22.6 Å². The van der Waals surface area contributed by atoms with Gasteiger partial charge in [-0.25, -0.2) is 16.8 Å². The maximum Gasteiger partial charge on any atom is 0.266 e. The summed E-state index contributed by atoms with van der Waals surface area (Å²) < 4.78 is 52.0. The van der Waals surface area contributed by atoms with Crippen LogP contribution in [0.15, 0.2) is 76.5 Å². The van der Waals surface area contributed by atoms with Gasteiger partial charge in [-0.3, -0.25) is 10.2 Å². The first-order valence-electron chi connectivity index (χ1n) is 9.68. The SMILES string of the molecule is O=C(NNS(=O)(=O)c1ccc2ccccc2c1)c1cccc(S(=O)(=O)N2CCCC2)c1. The van der Waals surface area contributed by atoms with Crippen molar-refractivity contribution in [3.8, 4) is 0 Å². The van der Waals surface area contributed by atoms with E-state index < -0.39 is 26.0 Å². The summed E-state index contributed by atoms with van der Waals surface area (Å²) in [5.74, 6) is -0.761. The number of nitrogens with zero attached hydrogens (tertiary/aromatic N) is 1. The highest BCUT2D eigenvalue weighted by Crippen LogP contribution is 2.22. The lowest BCUT2D eigenvalue weighted by Crippen LogP contribution is -2.41. The molecule has 0 radical (unpaired) electrons. The summed E-state index contributed by atoms with van der Waals surface area (Å²) in [6, 6.07) is 17.5. The quantitative estimate of drug-likeness (QED) is 0.549. The molecule has 10 heteroatoms. The molecule has 1 heterocycles. The fourth-order valence-electron chi connectivity index (χ4n) is 3.45. The largest absolute Gasteiger partial charge is 0.273 e. The third-order valence-corrected chi connectivity index (χ3v) is 8.27. The predicted octanol–water partition coefficient (Wildman–Crippen LogP) is 2.25. The molecule has 3 aromatic carbocycles. The number of benzene rings is 3. The molecule has 1 amide bonds. The number of carbonyl (C=O) groups is 1. The highest BCUT2D eigenvalue weighted by molar-refractivity contribution is 7.89. The molecule has 31 heavy (non-hydrogen) atoms. The molecule has 3 aromatic rings. The first-order valence-corrected chi connectivity index (χ1v) is 12.6. The summed E-state index contributed by atoms with van der Waals surface area (Å²) in [5.41, 5.74) is 2.18. The molecule has 1 aliphatic rings. The van der Waals surface area contributed by atoms with E-state index in [1.165, 1.54) is 40.7 Å². The van der Waals surface area contributed by atoms with E-state index in [-0.39, 0.29) is 15.4 Å². The molecule has 162 valence electrons. The maximum atomic E-state index is 12.7. The van der Waals surface area contributed by atoms with E-state index in [4.69, 9.17) is 0 Å². The lowest BCUT2D eigenvalue weighted by Gasteiger charge is -2.16. The Morgan fingerprint density at radius 3 is 2.23 bits per heavy atom. The van der Waals surface area contributed by atoms with E-state index in [1.54, 1.807) is 18.2 Å². The van der Waals surface area contributed by atoms with Gasteiger partial charge in [-0.15, -0.1) is 4.83 Å². The van der Waals surface area contributed by atoms with E-state index in [2.05, 4.69) is 10.3 Å². The number of amides is 1. The van der Waals surface area contributed by atoms with E-state index >= 15 is 0 Å². The van der Waals surface area contributed by atoms with Gasteiger partial charge >= 0.3 is 0 Å². The van der Waals surface area contributed by atoms with Gasteiger partial charge in [-0.05, 0) is 53.9 Å². The fraction of sp³-hybridized carbons (Fsp3) is 0.190. The zero-order chi connectivity index (χ0) is 22.1. The van der Waals surface area contributed by atoms with E-state index in [0.717, 1.165) is 23.6 Å². The monoisotopic (exact) mass is 459 g/mol. The molecule has 0 bridgehead atoms. The van der Waals surface area contributed by atoms with Crippen molar-refractivity contribution < 1.29 is 21.6 Å². The van der Waals surface area contributed by atoms with Crippen molar-refractivity contribution in [1.82, 2.24) is 14.6 Å². The summed E-state index contributed by atoms with van der Waals surface area (Å²) in [5, 5.41) is 1.64.